The van der Waals surface area contributed by atoms with E-state index in [4.69, 9.17) is 9.84 Å². The molecule has 0 bridgehead atoms. The summed E-state index contributed by atoms with van der Waals surface area (Å²) < 4.78 is 5.25. The van der Waals surface area contributed by atoms with Crippen molar-refractivity contribution in [2.75, 3.05) is 25.2 Å². The average molecular weight is 251 g/mol. The molecule has 0 saturated heterocycles. The molecule has 0 aromatic heterocycles. The molecule has 18 heavy (non-hydrogen) atoms. The van der Waals surface area contributed by atoms with Gasteiger partial charge in [0.2, 0.25) is 0 Å². The van der Waals surface area contributed by atoms with Gasteiger partial charge in [0.25, 0.3) is 0 Å². The monoisotopic (exact) mass is 251 g/mol. The molecular weight excluding hydrogens is 230 g/mol. The maximum atomic E-state index is 11.8. The lowest BCUT2D eigenvalue weighted by molar-refractivity contribution is 0.101. The Bertz CT molecular complexity index is 416. The molecule has 1 rings (SSSR count). The molecule has 0 aliphatic heterocycles. The van der Waals surface area contributed by atoms with E-state index >= 15 is 0 Å². The summed E-state index contributed by atoms with van der Waals surface area (Å²) in [5.74, 6) is 0.537. The lowest BCUT2D eigenvalue weighted by Gasteiger charge is -2.30. The Kier molecular flexibility index (Phi) is 5.16. The van der Waals surface area contributed by atoms with Gasteiger partial charge in [-0.05, 0) is 32.9 Å². The van der Waals surface area contributed by atoms with E-state index in [9.17, 15) is 4.79 Å². The van der Waals surface area contributed by atoms with E-state index in [-0.39, 0.29) is 18.4 Å². The quantitative estimate of drug-likeness (QED) is 0.787. The third-order valence-corrected chi connectivity index (χ3v) is 2.85. The number of nitrogens with zero attached hydrogens (tertiary/aromatic N) is 1. The fourth-order valence-corrected chi connectivity index (χ4v) is 2.05. The molecule has 0 radical (unpaired) electrons. The van der Waals surface area contributed by atoms with Gasteiger partial charge >= 0.3 is 0 Å². The van der Waals surface area contributed by atoms with Crippen LogP contribution in [-0.2, 0) is 0 Å². The molecule has 0 unspecified atom stereocenters. The Balaban J connectivity index is 3.32. The van der Waals surface area contributed by atoms with Crippen LogP contribution in [0.5, 0.6) is 5.75 Å². The predicted molar refractivity (Wildman–Crippen MR) is 72.6 cm³/mol. The Labute approximate surface area is 108 Å². The molecule has 0 fully saturated rings. The number of anilines is 1. The number of carbonyl (C=O) groups is 1. The third-order valence-electron chi connectivity index (χ3n) is 2.85. The number of ether oxygens (including phenoxy) is 1. The van der Waals surface area contributed by atoms with E-state index in [0.717, 1.165) is 5.69 Å². The van der Waals surface area contributed by atoms with Crippen LogP contribution in [0.3, 0.4) is 0 Å². The first-order chi connectivity index (χ1) is 8.52. The maximum Gasteiger partial charge on any atom is 0.165 e. The van der Waals surface area contributed by atoms with Crippen molar-refractivity contribution in [2.45, 2.75) is 26.8 Å². The van der Waals surface area contributed by atoms with Crippen molar-refractivity contribution >= 4 is 11.5 Å². The van der Waals surface area contributed by atoms with Gasteiger partial charge in [0, 0.05) is 12.6 Å². The summed E-state index contributed by atoms with van der Waals surface area (Å²) in [6.07, 6.45) is 0. The van der Waals surface area contributed by atoms with E-state index in [0.29, 0.717) is 17.9 Å². The van der Waals surface area contributed by atoms with Crippen LogP contribution in [0.25, 0.3) is 0 Å². The molecule has 0 heterocycles. The van der Waals surface area contributed by atoms with Gasteiger partial charge in [0.1, 0.15) is 5.75 Å². The van der Waals surface area contributed by atoms with Crippen molar-refractivity contribution in [2.24, 2.45) is 0 Å². The lowest BCUT2D eigenvalue weighted by Crippen LogP contribution is -2.34. The van der Waals surface area contributed by atoms with Crippen molar-refractivity contribution in [3.05, 3.63) is 23.8 Å². The fourth-order valence-electron chi connectivity index (χ4n) is 2.05. The van der Waals surface area contributed by atoms with Crippen molar-refractivity contribution in [3.63, 3.8) is 0 Å². The first-order valence-corrected chi connectivity index (χ1v) is 6.08. The zero-order chi connectivity index (χ0) is 13.7. The van der Waals surface area contributed by atoms with Crippen LogP contribution in [0.2, 0.25) is 0 Å². The standard InChI is InChI=1S/C14H21NO3/c1-10(2)15(8-9-16)12-6-5-7-13(18-4)14(12)11(3)17/h5-7,10,16H,8-9H2,1-4H3. The number of Topliss-reactive ketones (excluding diaryl/α,β-unsaturated/α-hetero) is 1. The minimum Gasteiger partial charge on any atom is -0.496 e. The van der Waals surface area contributed by atoms with E-state index in [1.165, 1.54) is 6.92 Å². The first kappa shape index (κ1) is 14.5. The van der Waals surface area contributed by atoms with Gasteiger partial charge in [0.05, 0.1) is 25.0 Å². The Morgan fingerprint density at radius 1 is 1.44 bits per heavy atom. The lowest BCUT2D eigenvalue weighted by atomic mass is 10.1. The molecule has 0 aliphatic rings. The zero-order valence-corrected chi connectivity index (χ0v) is 11.4. The summed E-state index contributed by atoms with van der Waals surface area (Å²) in [7, 11) is 1.55. The number of aliphatic hydroxyl groups excluding tert-OH is 1. The molecule has 0 amide bonds. The normalized spacial score (nSPS) is 10.6. The number of aliphatic hydroxyl groups is 1. The third kappa shape index (κ3) is 3.01. The summed E-state index contributed by atoms with van der Waals surface area (Å²) in [5.41, 5.74) is 1.38. The highest BCUT2D eigenvalue weighted by atomic mass is 16.5. The minimum absolute atomic E-state index is 0.0361. The molecule has 1 aromatic rings. The molecule has 4 nitrogen and oxygen atoms in total. The molecule has 1 aromatic carbocycles. The molecular formula is C14H21NO3. The van der Waals surface area contributed by atoms with Crippen LogP contribution >= 0.6 is 0 Å². The molecule has 0 aliphatic carbocycles. The van der Waals surface area contributed by atoms with Gasteiger partial charge in [-0.2, -0.15) is 0 Å². The molecule has 100 valence electrons. The van der Waals surface area contributed by atoms with Gasteiger partial charge in [-0.15, -0.1) is 0 Å². The van der Waals surface area contributed by atoms with Gasteiger partial charge < -0.3 is 14.7 Å². The van der Waals surface area contributed by atoms with Crippen LogP contribution in [0, 0.1) is 0 Å². The fraction of sp³-hybridized carbons (Fsp3) is 0.500. The number of hydrogen-bond acceptors (Lipinski definition) is 4. The number of rotatable bonds is 6. The van der Waals surface area contributed by atoms with Crippen molar-refractivity contribution < 1.29 is 14.6 Å². The Morgan fingerprint density at radius 3 is 2.56 bits per heavy atom. The van der Waals surface area contributed by atoms with Gasteiger partial charge in [-0.3, -0.25) is 4.79 Å². The predicted octanol–water partition coefficient (Wildman–Crippen LogP) is 2.10. The number of benzene rings is 1. The van der Waals surface area contributed by atoms with E-state index < -0.39 is 0 Å². The van der Waals surface area contributed by atoms with Crippen LogP contribution in [0.1, 0.15) is 31.1 Å². The zero-order valence-electron chi connectivity index (χ0n) is 11.4. The highest BCUT2D eigenvalue weighted by Crippen LogP contribution is 2.30. The van der Waals surface area contributed by atoms with Crippen molar-refractivity contribution in [3.8, 4) is 5.75 Å². The van der Waals surface area contributed by atoms with Crippen LogP contribution in [-0.4, -0.2) is 37.2 Å². The Hall–Kier alpha value is -1.55. The second kappa shape index (κ2) is 6.40. The van der Waals surface area contributed by atoms with E-state index in [1.807, 2.05) is 30.9 Å². The first-order valence-electron chi connectivity index (χ1n) is 6.08. The topological polar surface area (TPSA) is 49.8 Å². The summed E-state index contributed by atoms with van der Waals surface area (Å²) in [4.78, 5) is 13.8. The van der Waals surface area contributed by atoms with Crippen LogP contribution < -0.4 is 9.64 Å². The molecule has 0 spiro atoms. The molecule has 0 atom stereocenters. The summed E-state index contributed by atoms with van der Waals surface area (Å²) >= 11 is 0. The van der Waals surface area contributed by atoms with Crippen molar-refractivity contribution in [1.82, 2.24) is 0 Å². The second-order valence-corrected chi connectivity index (χ2v) is 4.42. The molecule has 0 saturated carbocycles. The summed E-state index contributed by atoms with van der Waals surface area (Å²) in [5, 5.41) is 9.15. The smallest absolute Gasteiger partial charge is 0.165 e. The summed E-state index contributed by atoms with van der Waals surface area (Å²) in [6, 6.07) is 5.71. The van der Waals surface area contributed by atoms with Crippen LogP contribution in [0.15, 0.2) is 18.2 Å². The van der Waals surface area contributed by atoms with E-state index in [1.54, 1.807) is 13.2 Å². The number of hydrogen-bond donors (Lipinski definition) is 1. The largest absolute Gasteiger partial charge is 0.496 e. The Morgan fingerprint density at radius 2 is 2.11 bits per heavy atom. The van der Waals surface area contributed by atoms with Gasteiger partial charge in [-0.1, -0.05) is 6.07 Å². The highest BCUT2D eigenvalue weighted by molar-refractivity contribution is 6.02. The van der Waals surface area contributed by atoms with Gasteiger partial charge in [0.15, 0.2) is 5.78 Å². The van der Waals surface area contributed by atoms with Gasteiger partial charge in [-0.25, -0.2) is 0 Å². The number of ketones is 1. The highest BCUT2D eigenvalue weighted by Gasteiger charge is 2.19. The SMILES string of the molecule is COc1cccc(N(CCO)C(C)C)c1C(C)=O. The van der Waals surface area contributed by atoms with Crippen molar-refractivity contribution in [1.29, 1.82) is 0 Å². The van der Waals surface area contributed by atoms with E-state index in [2.05, 4.69) is 0 Å². The van der Waals surface area contributed by atoms with Crippen LogP contribution in [0.4, 0.5) is 5.69 Å². The average Bonchev–Trinajstić information content (AvgIpc) is 2.34. The maximum absolute atomic E-state index is 11.8. The minimum atomic E-state index is -0.0361. The number of carbonyl (C=O) groups excluding carboxylic acids is 1. The molecule has 4 heteroatoms. The molecule has 1 N–H and O–H groups in total. The summed E-state index contributed by atoms with van der Waals surface area (Å²) in [6.45, 7) is 6.12. The second-order valence-electron chi connectivity index (χ2n) is 4.42. The number of methoxy groups -OCH3 is 1.